The number of hydrogen-bond donors (Lipinski definition) is 0. The second kappa shape index (κ2) is 10.4. The van der Waals surface area contributed by atoms with E-state index in [0.29, 0.717) is 5.56 Å². The molecule has 9 aromatic rings. The maximum Gasteiger partial charge on any atom is 0.0991 e. The molecule has 0 saturated carbocycles. The molecule has 0 bridgehead atoms. The zero-order valence-electron chi connectivity index (χ0n) is 24.9. The topological polar surface area (TPSA) is 33.6 Å². The summed E-state index contributed by atoms with van der Waals surface area (Å²) in [6.45, 7) is 0. The van der Waals surface area contributed by atoms with Crippen LogP contribution in [0.1, 0.15) is 5.56 Å². The fourth-order valence-electron chi connectivity index (χ4n) is 7.05. The number of fused-ring (bicyclic) bond motifs is 6. The molecule has 0 unspecified atom stereocenters. The zero-order valence-corrected chi connectivity index (χ0v) is 24.9. The molecule has 2 aromatic heterocycles. The van der Waals surface area contributed by atoms with Crippen molar-refractivity contribution in [3.05, 3.63) is 169 Å². The lowest BCUT2D eigenvalue weighted by Crippen LogP contribution is -1.95. The van der Waals surface area contributed by atoms with Gasteiger partial charge in [0.15, 0.2) is 0 Å². The summed E-state index contributed by atoms with van der Waals surface area (Å²) in [5.41, 5.74) is 12.1. The van der Waals surface area contributed by atoms with Crippen LogP contribution in [0.2, 0.25) is 0 Å². The van der Waals surface area contributed by atoms with E-state index in [1.807, 2.05) is 18.2 Å². The van der Waals surface area contributed by atoms with Crippen LogP contribution in [0.25, 0.3) is 77.2 Å². The van der Waals surface area contributed by atoms with E-state index in [0.717, 1.165) is 33.5 Å². The summed E-state index contributed by atoms with van der Waals surface area (Å²) >= 11 is 0. The molecule has 0 aliphatic heterocycles. The lowest BCUT2D eigenvalue weighted by atomic mass is 10.0. The van der Waals surface area contributed by atoms with Crippen molar-refractivity contribution >= 4 is 43.6 Å². The molecular formula is C43H27N3. The van der Waals surface area contributed by atoms with Crippen molar-refractivity contribution in [1.29, 1.82) is 5.26 Å². The Kier molecular flexibility index (Phi) is 5.88. The van der Waals surface area contributed by atoms with Crippen LogP contribution < -0.4 is 0 Å². The molecule has 0 radical (unpaired) electrons. The predicted octanol–water partition coefficient (Wildman–Crippen LogP) is 11.1. The first-order valence-electron chi connectivity index (χ1n) is 15.5. The van der Waals surface area contributed by atoms with E-state index in [4.69, 9.17) is 0 Å². The summed E-state index contributed by atoms with van der Waals surface area (Å²) < 4.78 is 4.72. The number of benzene rings is 7. The van der Waals surface area contributed by atoms with Crippen LogP contribution in [0.4, 0.5) is 0 Å². The van der Waals surface area contributed by atoms with E-state index in [9.17, 15) is 5.26 Å². The van der Waals surface area contributed by atoms with Crippen LogP contribution in [0.5, 0.6) is 0 Å². The summed E-state index contributed by atoms with van der Waals surface area (Å²) in [5.74, 6) is 0. The molecule has 0 aliphatic rings. The smallest absolute Gasteiger partial charge is 0.0991 e. The first-order valence-corrected chi connectivity index (χ1v) is 15.5. The van der Waals surface area contributed by atoms with Crippen LogP contribution >= 0.6 is 0 Å². The molecule has 7 aromatic carbocycles. The molecule has 3 heteroatoms. The number of nitriles is 1. The maximum atomic E-state index is 9.45. The van der Waals surface area contributed by atoms with Gasteiger partial charge in [0.1, 0.15) is 0 Å². The zero-order chi connectivity index (χ0) is 30.6. The second-order valence-corrected chi connectivity index (χ2v) is 11.7. The van der Waals surface area contributed by atoms with Crippen molar-refractivity contribution in [2.75, 3.05) is 0 Å². The lowest BCUT2D eigenvalue weighted by molar-refractivity contribution is 1.18. The summed E-state index contributed by atoms with van der Waals surface area (Å²) in [4.78, 5) is 0. The van der Waals surface area contributed by atoms with E-state index >= 15 is 0 Å². The van der Waals surface area contributed by atoms with E-state index in [-0.39, 0.29) is 0 Å². The highest BCUT2D eigenvalue weighted by molar-refractivity contribution is 6.11. The van der Waals surface area contributed by atoms with Crippen LogP contribution in [0.3, 0.4) is 0 Å². The minimum absolute atomic E-state index is 0.662. The van der Waals surface area contributed by atoms with Gasteiger partial charge in [-0.05, 0) is 89.0 Å². The normalized spacial score (nSPS) is 11.5. The standard InChI is InChI=1S/C43H27N3/c44-28-29-10-7-11-30(24-29)31-12-8-15-35(25-31)46-42-21-6-3-18-38(42)39-27-33(22-23-43(39)46)32-13-9-14-34(26-32)45-40-19-4-1-16-36(40)37-17-2-5-20-41(37)45/h1-27H. The molecule has 0 N–H and O–H groups in total. The molecule has 0 fully saturated rings. The van der Waals surface area contributed by atoms with Crippen molar-refractivity contribution in [1.82, 2.24) is 9.13 Å². The Morgan fingerprint density at radius 3 is 1.33 bits per heavy atom. The van der Waals surface area contributed by atoms with Crippen molar-refractivity contribution in [3.63, 3.8) is 0 Å². The van der Waals surface area contributed by atoms with E-state index in [2.05, 4.69) is 161 Å². The summed E-state index contributed by atoms with van der Waals surface area (Å²) in [7, 11) is 0. The van der Waals surface area contributed by atoms with E-state index < -0.39 is 0 Å². The Balaban J connectivity index is 1.20. The van der Waals surface area contributed by atoms with Gasteiger partial charge in [-0.1, -0.05) is 97.1 Å². The fourth-order valence-corrected chi connectivity index (χ4v) is 7.05. The largest absolute Gasteiger partial charge is 0.309 e. The highest BCUT2D eigenvalue weighted by Gasteiger charge is 2.15. The molecule has 0 atom stereocenters. The Morgan fingerprint density at radius 1 is 0.348 bits per heavy atom. The van der Waals surface area contributed by atoms with Crippen LogP contribution in [-0.4, -0.2) is 9.13 Å². The Bertz CT molecular complexity index is 2610. The summed E-state index contributed by atoms with van der Waals surface area (Å²) in [6.07, 6.45) is 0. The van der Waals surface area contributed by atoms with Gasteiger partial charge in [0.05, 0.1) is 33.7 Å². The molecular weight excluding hydrogens is 558 g/mol. The van der Waals surface area contributed by atoms with Crippen molar-refractivity contribution in [2.24, 2.45) is 0 Å². The summed E-state index contributed by atoms with van der Waals surface area (Å²) in [6, 6.07) is 60.3. The predicted molar refractivity (Wildman–Crippen MR) is 191 cm³/mol. The van der Waals surface area contributed by atoms with Crippen molar-refractivity contribution in [2.45, 2.75) is 0 Å². The molecule has 3 nitrogen and oxygen atoms in total. The molecule has 9 rings (SSSR count). The van der Waals surface area contributed by atoms with Crippen LogP contribution in [0.15, 0.2) is 164 Å². The lowest BCUT2D eigenvalue weighted by Gasteiger charge is -2.12. The number of nitrogens with zero attached hydrogens (tertiary/aromatic N) is 3. The quantitative estimate of drug-likeness (QED) is 0.202. The third-order valence-corrected chi connectivity index (χ3v) is 9.12. The number of aromatic nitrogens is 2. The van der Waals surface area contributed by atoms with Gasteiger partial charge in [-0.2, -0.15) is 5.26 Å². The number of rotatable bonds is 4. The number of para-hydroxylation sites is 3. The first kappa shape index (κ1) is 26.1. The minimum atomic E-state index is 0.662. The van der Waals surface area contributed by atoms with Crippen LogP contribution in [-0.2, 0) is 0 Å². The van der Waals surface area contributed by atoms with Crippen molar-refractivity contribution in [3.8, 4) is 39.7 Å². The van der Waals surface area contributed by atoms with Crippen molar-refractivity contribution < 1.29 is 0 Å². The maximum absolute atomic E-state index is 9.45. The van der Waals surface area contributed by atoms with Gasteiger partial charge in [-0.3, -0.25) is 0 Å². The van der Waals surface area contributed by atoms with Crippen LogP contribution in [0, 0.1) is 11.3 Å². The minimum Gasteiger partial charge on any atom is -0.309 e. The van der Waals surface area contributed by atoms with E-state index in [1.165, 1.54) is 43.7 Å². The first-order chi connectivity index (χ1) is 22.8. The van der Waals surface area contributed by atoms with Gasteiger partial charge in [-0.25, -0.2) is 0 Å². The van der Waals surface area contributed by atoms with Gasteiger partial charge >= 0.3 is 0 Å². The molecule has 0 aliphatic carbocycles. The molecule has 0 saturated heterocycles. The number of hydrogen-bond acceptors (Lipinski definition) is 1. The van der Waals surface area contributed by atoms with Gasteiger partial charge in [0, 0.05) is 32.9 Å². The SMILES string of the molecule is N#Cc1cccc(-c2cccc(-n3c4ccccc4c4cc(-c5cccc(-n6c7ccccc7c7ccccc76)c5)ccc43)c2)c1. The Morgan fingerprint density at radius 2 is 0.783 bits per heavy atom. The Labute approximate surface area is 266 Å². The summed E-state index contributed by atoms with van der Waals surface area (Å²) in [5, 5.41) is 14.4. The van der Waals surface area contributed by atoms with Gasteiger partial charge in [0.25, 0.3) is 0 Å². The molecule has 214 valence electrons. The van der Waals surface area contributed by atoms with Gasteiger partial charge < -0.3 is 9.13 Å². The average molecular weight is 586 g/mol. The highest BCUT2D eigenvalue weighted by Crippen LogP contribution is 2.37. The van der Waals surface area contributed by atoms with Gasteiger partial charge in [-0.15, -0.1) is 0 Å². The third kappa shape index (κ3) is 4.05. The second-order valence-electron chi connectivity index (χ2n) is 11.7. The molecule has 2 heterocycles. The highest BCUT2D eigenvalue weighted by atomic mass is 15.0. The monoisotopic (exact) mass is 585 g/mol. The molecule has 0 amide bonds. The third-order valence-electron chi connectivity index (χ3n) is 9.12. The van der Waals surface area contributed by atoms with E-state index in [1.54, 1.807) is 0 Å². The Hall–Kier alpha value is -6.37. The fraction of sp³-hybridized carbons (Fsp3) is 0. The average Bonchev–Trinajstić information content (AvgIpc) is 3.64. The molecule has 46 heavy (non-hydrogen) atoms. The molecule has 0 spiro atoms. The van der Waals surface area contributed by atoms with Gasteiger partial charge in [0.2, 0.25) is 0 Å².